The normalized spacial score (nSPS) is 14.6. The molecule has 5 nitrogen and oxygen atoms in total. The van der Waals surface area contributed by atoms with Crippen molar-refractivity contribution in [3.63, 3.8) is 0 Å². The molecule has 1 saturated heterocycles. The summed E-state index contributed by atoms with van der Waals surface area (Å²) in [5.41, 5.74) is 2.45. The highest BCUT2D eigenvalue weighted by Gasteiger charge is 2.22. The first-order valence-corrected chi connectivity index (χ1v) is 9.22. The Hall–Kier alpha value is -2.92. The van der Waals surface area contributed by atoms with Crippen molar-refractivity contribution in [1.82, 2.24) is 15.1 Å². The van der Waals surface area contributed by atoms with Gasteiger partial charge in [-0.3, -0.25) is 14.5 Å². The van der Waals surface area contributed by atoms with Gasteiger partial charge in [-0.15, -0.1) is 6.58 Å². The summed E-state index contributed by atoms with van der Waals surface area (Å²) in [7, 11) is 0. The van der Waals surface area contributed by atoms with Gasteiger partial charge in [0.25, 0.3) is 11.8 Å². The molecule has 0 radical (unpaired) electrons. The van der Waals surface area contributed by atoms with E-state index >= 15 is 0 Å². The Morgan fingerprint density at radius 3 is 2.19 bits per heavy atom. The van der Waals surface area contributed by atoms with E-state index in [1.807, 2.05) is 11.0 Å². The predicted octanol–water partition coefficient (Wildman–Crippen LogP) is 2.56. The van der Waals surface area contributed by atoms with Crippen molar-refractivity contribution in [2.45, 2.75) is 6.54 Å². The highest BCUT2D eigenvalue weighted by atomic mass is 16.2. The Bertz CT molecular complexity index is 779. The van der Waals surface area contributed by atoms with Crippen molar-refractivity contribution in [2.24, 2.45) is 0 Å². The standard InChI is InChI=1S/C22H25N3O2/c1-2-12-23-21(26)19-8-10-20(11-9-19)22(27)25-15-13-24(14-16-25)17-18-6-4-3-5-7-18/h2-11H,1,12-17H2,(H,23,26). The molecule has 1 N–H and O–H groups in total. The van der Waals surface area contributed by atoms with E-state index in [4.69, 9.17) is 0 Å². The topological polar surface area (TPSA) is 52.7 Å². The maximum atomic E-state index is 12.7. The molecule has 5 heteroatoms. The summed E-state index contributed by atoms with van der Waals surface area (Å²) in [6.45, 7) is 8.07. The molecule has 140 valence electrons. The zero-order valence-electron chi connectivity index (χ0n) is 15.4. The van der Waals surface area contributed by atoms with Crippen LogP contribution in [0.2, 0.25) is 0 Å². The average Bonchev–Trinajstić information content (AvgIpc) is 2.73. The molecular formula is C22H25N3O2. The summed E-state index contributed by atoms with van der Waals surface area (Å²) in [6, 6.07) is 17.2. The Morgan fingerprint density at radius 2 is 1.56 bits per heavy atom. The van der Waals surface area contributed by atoms with Gasteiger partial charge in [0.15, 0.2) is 0 Å². The summed E-state index contributed by atoms with van der Waals surface area (Å²) in [5, 5.41) is 2.73. The molecule has 1 heterocycles. The number of hydrogen-bond acceptors (Lipinski definition) is 3. The number of rotatable bonds is 6. The second-order valence-corrected chi connectivity index (χ2v) is 6.63. The molecule has 0 atom stereocenters. The van der Waals surface area contributed by atoms with Gasteiger partial charge in [0.2, 0.25) is 0 Å². The van der Waals surface area contributed by atoms with Gasteiger partial charge in [0.05, 0.1) is 0 Å². The van der Waals surface area contributed by atoms with E-state index in [0.717, 1.165) is 19.6 Å². The third kappa shape index (κ3) is 5.05. The monoisotopic (exact) mass is 363 g/mol. The maximum absolute atomic E-state index is 12.7. The summed E-state index contributed by atoms with van der Waals surface area (Å²) >= 11 is 0. The molecule has 0 saturated carbocycles. The minimum Gasteiger partial charge on any atom is -0.349 e. The van der Waals surface area contributed by atoms with Crippen LogP contribution >= 0.6 is 0 Å². The molecule has 1 fully saturated rings. The molecule has 2 aromatic rings. The highest BCUT2D eigenvalue weighted by molar-refractivity contribution is 5.97. The first-order valence-electron chi connectivity index (χ1n) is 9.22. The van der Waals surface area contributed by atoms with Gasteiger partial charge in [0, 0.05) is 50.4 Å². The summed E-state index contributed by atoms with van der Waals surface area (Å²) < 4.78 is 0. The fraction of sp³-hybridized carbons (Fsp3) is 0.273. The molecule has 2 amide bonds. The fourth-order valence-corrected chi connectivity index (χ4v) is 3.16. The zero-order valence-corrected chi connectivity index (χ0v) is 15.4. The van der Waals surface area contributed by atoms with Crippen LogP contribution in [0.15, 0.2) is 67.3 Å². The smallest absolute Gasteiger partial charge is 0.253 e. The van der Waals surface area contributed by atoms with E-state index in [-0.39, 0.29) is 11.8 Å². The van der Waals surface area contributed by atoms with Crippen molar-refractivity contribution < 1.29 is 9.59 Å². The van der Waals surface area contributed by atoms with Crippen LogP contribution in [0, 0.1) is 0 Å². The second kappa shape index (κ2) is 9.14. The van der Waals surface area contributed by atoms with E-state index < -0.39 is 0 Å². The molecule has 1 aliphatic rings. The van der Waals surface area contributed by atoms with Crippen molar-refractivity contribution in [3.8, 4) is 0 Å². The summed E-state index contributed by atoms with van der Waals surface area (Å²) in [6.07, 6.45) is 1.63. The fourth-order valence-electron chi connectivity index (χ4n) is 3.16. The van der Waals surface area contributed by atoms with Crippen LogP contribution in [0.1, 0.15) is 26.3 Å². The SMILES string of the molecule is C=CCNC(=O)c1ccc(C(=O)N2CCN(Cc3ccccc3)CC2)cc1. The number of benzene rings is 2. The quantitative estimate of drug-likeness (QED) is 0.803. The van der Waals surface area contributed by atoms with Crippen LogP contribution < -0.4 is 5.32 Å². The van der Waals surface area contributed by atoms with Gasteiger partial charge in [0.1, 0.15) is 0 Å². The van der Waals surface area contributed by atoms with E-state index in [0.29, 0.717) is 30.8 Å². The lowest BCUT2D eigenvalue weighted by Crippen LogP contribution is -2.48. The Kier molecular flexibility index (Phi) is 6.39. The Morgan fingerprint density at radius 1 is 0.926 bits per heavy atom. The highest BCUT2D eigenvalue weighted by Crippen LogP contribution is 2.12. The molecule has 0 aliphatic carbocycles. The van der Waals surface area contributed by atoms with Crippen molar-refractivity contribution >= 4 is 11.8 Å². The maximum Gasteiger partial charge on any atom is 0.253 e. The van der Waals surface area contributed by atoms with Crippen LogP contribution in [0.4, 0.5) is 0 Å². The van der Waals surface area contributed by atoms with Crippen LogP contribution in [-0.4, -0.2) is 54.3 Å². The number of piperazine rings is 1. The number of carbonyl (C=O) groups is 2. The van der Waals surface area contributed by atoms with Crippen molar-refractivity contribution in [2.75, 3.05) is 32.7 Å². The average molecular weight is 363 g/mol. The molecule has 3 rings (SSSR count). The van der Waals surface area contributed by atoms with Gasteiger partial charge >= 0.3 is 0 Å². The van der Waals surface area contributed by atoms with Gasteiger partial charge < -0.3 is 10.2 Å². The third-order valence-electron chi connectivity index (χ3n) is 4.71. The lowest BCUT2D eigenvalue weighted by atomic mass is 10.1. The third-order valence-corrected chi connectivity index (χ3v) is 4.71. The lowest BCUT2D eigenvalue weighted by Gasteiger charge is -2.34. The largest absolute Gasteiger partial charge is 0.349 e. The van der Waals surface area contributed by atoms with E-state index in [1.54, 1.807) is 30.3 Å². The van der Waals surface area contributed by atoms with E-state index in [1.165, 1.54) is 5.56 Å². The van der Waals surface area contributed by atoms with Gasteiger partial charge in [-0.05, 0) is 29.8 Å². The molecule has 0 bridgehead atoms. The molecule has 2 aromatic carbocycles. The van der Waals surface area contributed by atoms with Crippen LogP contribution in [-0.2, 0) is 6.54 Å². The van der Waals surface area contributed by atoms with Gasteiger partial charge in [-0.2, -0.15) is 0 Å². The first-order chi connectivity index (χ1) is 13.2. The van der Waals surface area contributed by atoms with Gasteiger partial charge in [-0.25, -0.2) is 0 Å². The van der Waals surface area contributed by atoms with Crippen molar-refractivity contribution in [3.05, 3.63) is 83.9 Å². The van der Waals surface area contributed by atoms with E-state index in [2.05, 4.69) is 41.1 Å². The van der Waals surface area contributed by atoms with Crippen LogP contribution in [0.3, 0.4) is 0 Å². The van der Waals surface area contributed by atoms with Gasteiger partial charge in [-0.1, -0.05) is 36.4 Å². The number of hydrogen-bond donors (Lipinski definition) is 1. The van der Waals surface area contributed by atoms with Crippen LogP contribution in [0.25, 0.3) is 0 Å². The molecule has 0 unspecified atom stereocenters. The van der Waals surface area contributed by atoms with Crippen molar-refractivity contribution in [1.29, 1.82) is 0 Å². The number of nitrogens with one attached hydrogen (secondary N) is 1. The number of amides is 2. The molecular weight excluding hydrogens is 338 g/mol. The number of carbonyl (C=O) groups excluding carboxylic acids is 2. The minimum absolute atomic E-state index is 0.0208. The van der Waals surface area contributed by atoms with Crippen LogP contribution in [0.5, 0.6) is 0 Å². The molecule has 1 aliphatic heterocycles. The zero-order chi connectivity index (χ0) is 19.1. The minimum atomic E-state index is -0.163. The Balaban J connectivity index is 1.53. The molecule has 0 spiro atoms. The number of nitrogens with zero attached hydrogens (tertiary/aromatic N) is 2. The predicted molar refractivity (Wildman–Crippen MR) is 107 cm³/mol. The summed E-state index contributed by atoms with van der Waals surface area (Å²) in [4.78, 5) is 28.9. The Labute approximate surface area is 160 Å². The first kappa shape index (κ1) is 18.9. The van der Waals surface area contributed by atoms with E-state index in [9.17, 15) is 9.59 Å². The summed E-state index contributed by atoms with van der Waals surface area (Å²) in [5.74, 6) is -0.143. The molecule has 0 aromatic heterocycles. The molecule has 27 heavy (non-hydrogen) atoms. The second-order valence-electron chi connectivity index (χ2n) is 6.63. The lowest BCUT2D eigenvalue weighted by molar-refractivity contribution is 0.0628.